The van der Waals surface area contributed by atoms with Crippen molar-refractivity contribution < 1.29 is 33.6 Å². The van der Waals surface area contributed by atoms with Crippen LogP contribution in [0.5, 0.6) is 28.7 Å². The summed E-state index contributed by atoms with van der Waals surface area (Å²) in [5.74, 6) is 2.47. The van der Waals surface area contributed by atoms with E-state index >= 15 is 0 Å². The molecule has 0 saturated carbocycles. The zero-order valence-electron chi connectivity index (χ0n) is 33.2. The van der Waals surface area contributed by atoms with E-state index in [0.29, 0.717) is 71.5 Å². The minimum atomic E-state index is -1.16. The molecule has 4 aromatic carbocycles. The van der Waals surface area contributed by atoms with Gasteiger partial charge in [-0.05, 0) is 103 Å². The Balaban J connectivity index is 0.949. The molecule has 2 aromatic heterocycles. The number of nitrogens with zero attached hydrogens (tertiary/aromatic N) is 4. The number of carbonyl (C=O) groups excluding carboxylic acids is 1. The van der Waals surface area contributed by atoms with Gasteiger partial charge in [0.25, 0.3) is 0 Å². The summed E-state index contributed by atoms with van der Waals surface area (Å²) >= 11 is 12.2. The molecule has 6 aromatic rings. The summed E-state index contributed by atoms with van der Waals surface area (Å²) < 4.78 is 26.7. The first-order valence-electron chi connectivity index (χ1n) is 19.5. The van der Waals surface area contributed by atoms with Crippen molar-refractivity contribution in [2.75, 3.05) is 6.61 Å². The quantitative estimate of drug-likeness (QED) is 0.117. The second-order valence-electron chi connectivity index (χ2n) is 15.0. The van der Waals surface area contributed by atoms with Gasteiger partial charge in [0.2, 0.25) is 5.91 Å². The number of benzene rings is 4. The number of carboxylic acid groups (broad SMARTS) is 1. The fourth-order valence-electron chi connectivity index (χ4n) is 7.35. The largest absolute Gasteiger partial charge is 0.489 e. The third-order valence-electron chi connectivity index (χ3n) is 11.0. The van der Waals surface area contributed by atoms with E-state index in [1.54, 1.807) is 42.7 Å². The first kappa shape index (κ1) is 40.7. The topological polar surface area (TPSA) is 137 Å². The number of nitrogens with one attached hydrogen (secondary N) is 1. The molecule has 60 heavy (non-hydrogen) atoms. The number of aliphatic carboxylic acids is 1. The predicted octanol–water partition coefficient (Wildman–Crippen LogP) is 8.36. The lowest BCUT2D eigenvalue weighted by Gasteiger charge is -2.37. The Hall–Kier alpha value is -6.08. The van der Waals surface area contributed by atoms with Gasteiger partial charge >= 0.3 is 5.97 Å². The molecule has 0 spiro atoms. The van der Waals surface area contributed by atoms with Crippen LogP contribution in [0.2, 0.25) is 10.0 Å². The Bertz CT molecular complexity index is 2530. The lowest BCUT2D eigenvalue weighted by molar-refractivity contribution is -0.143. The van der Waals surface area contributed by atoms with Gasteiger partial charge in [-0.2, -0.15) is 0 Å². The van der Waals surface area contributed by atoms with Crippen molar-refractivity contribution in [2.24, 2.45) is 7.05 Å². The van der Waals surface area contributed by atoms with Crippen molar-refractivity contribution in [1.82, 2.24) is 24.8 Å². The van der Waals surface area contributed by atoms with Crippen LogP contribution in [0.3, 0.4) is 0 Å². The van der Waals surface area contributed by atoms with Gasteiger partial charge in [0.1, 0.15) is 42.3 Å². The number of fused-ring (bicyclic) bond motifs is 2. The van der Waals surface area contributed by atoms with Gasteiger partial charge in [-0.25, -0.2) is 9.78 Å². The number of aryl methyl sites for hydroxylation is 2. The van der Waals surface area contributed by atoms with Gasteiger partial charge in [0.05, 0.1) is 22.6 Å². The average molecular weight is 849 g/mol. The first-order valence-corrected chi connectivity index (χ1v) is 20.3. The highest BCUT2D eigenvalue weighted by Crippen LogP contribution is 2.41. The van der Waals surface area contributed by atoms with E-state index in [-0.39, 0.29) is 18.4 Å². The summed E-state index contributed by atoms with van der Waals surface area (Å²) in [6.45, 7) is 5.27. The zero-order chi connectivity index (χ0) is 41.9. The lowest BCUT2D eigenvalue weighted by Crippen LogP contribution is -2.54. The molecule has 12 nitrogen and oxygen atoms in total. The first-order chi connectivity index (χ1) is 29.0. The van der Waals surface area contributed by atoms with Crippen molar-refractivity contribution in [3.8, 4) is 28.7 Å². The van der Waals surface area contributed by atoms with E-state index in [0.717, 1.165) is 44.9 Å². The van der Waals surface area contributed by atoms with Crippen molar-refractivity contribution in [1.29, 1.82) is 0 Å². The minimum Gasteiger partial charge on any atom is -0.489 e. The molecule has 0 fully saturated rings. The number of carbonyl (C=O) groups is 2. The zero-order valence-corrected chi connectivity index (χ0v) is 34.7. The molecule has 8 rings (SSSR count). The molecule has 4 heterocycles. The van der Waals surface area contributed by atoms with Crippen LogP contribution in [0.25, 0.3) is 0 Å². The maximum atomic E-state index is 14.2. The van der Waals surface area contributed by atoms with Crippen LogP contribution in [-0.2, 0) is 49.2 Å². The van der Waals surface area contributed by atoms with E-state index in [9.17, 15) is 14.7 Å². The summed E-state index contributed by atoms with van der Waals surface area (Å²) in [7, 11) is 1.90. The minimum absolute atomic E-state index is 0.0890. The molecule has 0 radical (unpaired) electrons. The number of rotatable bonds is 13. The SMILES string of the molecule is Cc1nccc(Oc2ccc(C[C@H](NC(=O)[C@@H]3Cc4cc5c(cc4CN3Cc3nccn3C)O[C@@H](c3ccc(OCc4ccc(Cl)c(Cl)c4)cc3)CO5)C(=O)O)cc2)c1C. The Labute approximate surface area is 357 Å². The number of amides is 1. The highest BCUT2D eigenvalue weighted by Gasteiger charge is 2.36. The van der Waals surface area contributed by atoms with Gasteiger partial charge in [-0.3, -0.25) is 14.7 Å². The Morgan fingerprint density at radius 2 is 1.65 bits per heavy atom. The average Bonchev–Trinajstić information content (AvgIpc) is 3.65. The van der Waals surface area contributed by atoms with Gasteiger partial charge < -0.3 is 33.9 Å². The number of hydrogen-bond acceptors (Lipinski definition) is 9. The number of aromatic nitrogens is 3. The number of pyridine rings is 1. The van der Waals surface area contributed by atoms with E-state index in [1.807, 2.05) is 91.2 Å². The lowest BCUT2D eigenvalue weighted by atomic mass is 9.92. The molecular formula is C46H43Cl2N5O7. The Kier molecular flexibility index (Phi) is 12.0. The maximum Gasteiger partial charge on any atom is 0.326 e. The monoisotopic (exact) mass is 847 g/mol. The number of hydrogen-bond donors (Lipinski definition) is 2. The van der Waals surface area contributed by atoms with Crippen LogP contribution < -0.4 is 24.3 Å². The van der Waals surface area contributed by atoms with Crippen molar-refractivity contribution in [3.05, 3.63) is 158 Å². The van der Waals surface area contributed by atoms with Crippen LogP contribution in [0, 0.1) is 13.8 Å². The highest BCUT2D eigenvalue weighted by molar-refractivity contribution is 6.42. The fraction of sp³-hybridized carbons (Fsp3) is 0.261. The fourth-order valence-corrected chi connectivity index (χ4v) is 7.67. The number of halogens is 2. The summed E-state index contributed by atoms with van der Waals surface area (Å²) in [5, 5.41) is 14.1. The number of carboxylic acids is 1. The molecule has 1 amide bonds. The second-order valence-corrected chi connectivity index (χ2v) is 15.9. The third kappa shape index (κ3) is 9.21. The second kappa shape index (κ2) is 17.6. The van der Waals surface area contributed by atoms with Crippen LogP contribution in [-0.4, -0.2) is 55.1 Å². The van der Waals surface area contributed by atoms with Crippen molar-refractivity contribution in [3.63, 3.8) is 0 Å². The van der Waals surface area contributed by atoms with Gasteiger partial charge in [-0.15, -0.1) is 0 Å². The Morgan fingerprint density at radius 1 is 0.900 bits per heavy atom. The number of imidazole rings is 1. The molecule has 0 bridgehead atoms. The molecule has 14 heteroatoms. The summed E-state index contributed by atoms with van der Waals surface area (Å²) in [4.78, 5) is 37.6. The smallest absolute Gasteiger partial charge is 0.326 e. The van der Waals surface area contributed by atoms with E-state index < -0.39 is 18.1 Å². The molecule has 308 valence electrons. The molecule has 2 N–H and O–H groups in total. The standard InChI is InChI=1S/C46H43Cl2N5O7/c1-27-28(2)49-15-14-40(27)59-35-9-4-29(5-10-35)19-38(46(55)56)51-45(54)39-20-32-21-41-42(22-33(32)23-53(39)24-44-50-16-17-52(44)3)60-43(26-58-41)31-7-11-34(12-8-31)57-25-30-6-13-36(47)37(48)18-30/h4-18,21-22,38-39,43H,19-20,23-26H2,1-3H3,(H,51,54)(H,55,56)/t38-,39-,43+/m0/s1. The summed E-state index contributed by atoms with van der Waals surface area (Å²) in [5.41, 5.74) is 6.31. The number of ether oxygens (including phenoxy) is 4. The van der Waals surface area contributed by atoms with Crippen LogP contribution in [0.1, 0.15) is 51.0 Å². The van der Waals surface area contributed by atoms with Gasteiger partial charge in [-0.1, -0.05) is 53.5 Å². The van der Waals surface area contributed by atoms with Crippen molar-refractivity contribution >= 4 is 35.1 Å². The van der Waals surface area contributed by atoms with Gasteiger partial charge in [0, 0.05) is 49.9 Å². The predicted molar refractivity (Wildman–Crippen MR) is 226 cm³/mol. The molecule has 0 aliphatic carbocycles. The van der Waals surface area contributed by atoms with E-state index in [4.69, 9.17) is 42.1 Å². The molecule has 0 saturated heterocycles. The highest BCUT2D eigenvalue weighted by atomic mass is 35.5. The molecule has 2 aliphatic heterocycles. The molecular weight excluding hydrogens is 805 g/mol. The van der Waals surface area contributed by atoms with Crippen molar-refractivity contribution in [2.45, 2.75) is 64.6 Å². The maximum absolute atomic E-state index is 14.2. The Morgan fingerprint density at radius 3 is 2.38 bits per heavy atom. The summed E-state index contributed by atoms with van der Waals surface area (Å²) in [6.07, 6.45) is 5.34. The molecule has 0 unspecified atom stereocenters. The van der Waals surface area contributed by atoms with Gasteiger partial charge in [0.15, 0.2) is 17.6 Å². The van der Waals surface area contributed by atoms with Crippen LogP contribution >= 0.6 is 23.2 Å². The third-order valence-corrected chi connectivity index (χ3v) is 11.7. The van der Waals surface area contributed by atoms with E-state index in [1.165, 1.54) is 0 Å². The van der Waals surface area contributed by atoms with Crippen LogP contribution in [0.4, 0.5) is 0 Å². The molecule has 3 atom stereocenters. The summed E-state index contributed by atoms with van der Waals surface area (Å²) in [6, 6.07) is 24.2. The van der Waals surface area contributed by atoms with E-state index in [2.05, 4.69) is 15.3 Å². The van der Waals surface area contributed by atoms with Crippen LogP contribution in [0.15, 0.2) is 104 Å². The molecule has 2 aliphatic rings. The normalized spacial score (nSPS) is 16.4.